The molecule has 1 amide bonds. The molecule has 0 heterocycles. The molecule has 0 aliphatic heterocycles. The maximum atomic E-state index is 12.6. The van der Waals surface area contributed by atoms with Crippen molar-refractivity contribution in [2.24, 2.45) is 0 Å². The molecule has 178 valence electrons. The van der Waals surface area contributed by atoms with E-state index in [2.05, 4.69) is 21.2 Å². The molecular formula is C26H19BrCl2N2O4. The number of nitrogens with one attached hydrogen (secondary N) is 1. The molecule has 0 fully saturated rings. The molecule has 3 aromatic rings. The minimum atomic E-state index is -0.626. The summed E-state index contributed by atoms with van der Waals surface area (Å²) in [6.07, 6.45) is 1.37. The van der Waals surface area contributed by atoms with Crippen molar-refractivity contribution in [3.05, 3.63) is 97.4 Å². The zero-order valence-corrected chi connectivity index (χ0v) is 21.6. The topological polar surface area (TPSA) is 88.4 Å². The Bertz CT molecular complexity index is 1280. The fourth-order valence-corrected chi connectivity index (χ4v) is 3.83. The highest BCUT2D eigenvalue weighted by Gasteiger charge is 2.14. The van der Waals surface area contributed by atoms with Gasteiger partial charge in [0, 0.05) is 10.2 Å². The molecule has 9 heteroatoms. The lowest BCUT2D eigenvalue weighted by molar-refractivity contribution is -0.112. The number of nitrogens with zero attached hydrogens (tertiary/aromatic N) is 1. The molecule has 0 aliphatic carbocycles. The number of benzene rings is 3. The van der Waals surface area contributed by atoms with E-state index >= 15 is 0 Å². The van der Waals surface area contributed by atoms with Crippen molar-refractivity contribution in [3.63, 3.8) is 0 Å². The number of esters is 1. The van der Waals surface area contributed by atoms with Gasteiger partial charge in [-0.05, 0) is 72.7 Å². The van der Waals surface area contributed by atoms with Crippen LogP contribution < -0.4 is 10.1 Å². The third-order valence-corrected chi connectivity index (χ3v) is 5.74. The predicted octanol–water partition coefficient (Wildman–Crippen LogP) is 7.06. The Morgan fingerprint density at radius 3 is 2.26 bits per heavy atom. The molecule has 3 rings (SSSR count). The minimum Gasteiger partial charge on any atom is -0.486 e. The normalized spacial score (nSPS) is 10.9. The number of halogens is 3. The monoisotopic (exact) mass is 572 g/mol. The first-order valence-electron chi connectivity index (χ1n) is 10.4. The quantitative estimate of drug-likeness (QED) is 0.177. The highest BCUT2D eigenvalue weighted by Crippen LogP contribution is 2.35. The van der Waals surface area contributed by atoms with Crippen LogP contribution in [0, 0.1) is 11.3 Å². The average molecular weight is 574 g/mol. The lowest BCUT2D eigenvalue weighted by atomic mass is 10.1. The van der Waals surface area contributed by atoms with Crippen molar-refractivity contribution in [2.45, 2.75) is 13.5 Å². The molecule has 0 saturated heterocycles. The molecule has 0 radical (unpaired) electrons. The van der Waals surface area contributed by atoms with Crippen LogP contribution in [0.15, 0.2) is 70.7 Å². The second kappa shape index (κ2) is 12.4. The molecule has 0 spiro atoms. The van der Waals surface area contributed by atoms with Gasteiger partial charge in [0.05, 0.1) is 22.2 Å². The van der Waals surface area contributed by atoms with Crippen LogP contribution in [0.2, 0.25) is 10.0 Å². The van der Waals surface area contributed by atoms with E-state index in [1.807, 2.05) is 30.3 Å². The molecule has 0 saturated carbocycles. The van der Waals surface area contributed by atoms with Crippen LogP contribution in [0.25, 0.3) is 6.08 Å². The maximum absolute atomic E-state index is 12.6. The fourth-order valence-electron chi connectivity index (χ4n) is 2.95. The maximum Gasteiger partial charge on any atom is 0.338 e. The van der Waals surface area contributed by atoms with Crippen molar-refractivity contribution in [1.82, 2.24) is 0 Å². The first kappa shape index (κ1) is 26.3. The van der Waals surface area contributed by atoms with E-state index in [1.165, 1.54) is 18.2 Å². The summed E-state index contributed by atoms with van der Waals surface area (Å²) < 4.78 is 11.7. The number of hydrogen-bond donors (Lipinski definition) is 1. The highest BCUT2D eigenvalue weighted by molar-refractivity contribution is 9.10. The summed E-state index contributed by atoms with van der Waals surface area (Å²) in [4.78, 5) is 24.3. The van der Waals surface area contributed by atoms with E-state index in [1.54, 1.807) is 31.2 Å². The van der Waals surface area contributed by atoms with E-state index in [4.69, 9.17) is 32.7 Å². The third-order valence-electron chi connectivity index (χ3n) is 4.65. The molecule has 6 nitrogen and oxygen atoms in total. The Balaban J connectivity index is 1.71. The van der Waals surface area contributed by atoms with E-state index in [9.17, 15) is 14.9 Å². The van der Waals surface area contributed by atoms with Gasteiger partial charge in [0.15, 0.2) is 5.75 Å². The Labute approximate surface area is 221 Å². The van der Waals surface area contributed by atoms with Gasteiger partial charge < -0.3 is 14.8 Å². The SMILES string of the molecule is CCOC(=O)c1ccc(NC(=O)/C(C#N)=C/c2cc(Cl)c(OCc3ccc(Br)cc3)c(Cl)c2)cc1. The van der Waals surface area contributed by atoms with E-state index in [0.29, 0.717) is 22.6 Å². The fraction of sp³-hybridized carbons (Fsp3) is 0.115. The van der Waals surface area contributed by atoms with Crippen LogP contribution in [0.3, 0.4) is 0 Å². The van der Waals surface area contributed by atoms with Gasteiger partial charge in [-0.25, -0.2) is 4.79 Å². The Morgan fingerprint density at radius 1 is 1.06 bits per heavy atom. The number of carbonyl (C=O) groups excluding carboxylic acids is 2. The summed E-state index contributed by atoms with van der Waals surface area (Å²) in [6.45, 7) is 2.25. The number of anilines is 1. The summed E-state index contributed by atoms with van der Waals surface area (Å²) in [5, 5.41) is 12.6. The zero-order valence-electron chi connectivity index (χ0n) is 18.5. The molecule has 0 aromatic heterocycles. The van der Waals surface area contributed by atoms with Gasteiger partial charge >= 0.3 is 5.97 Å². The number of carbonyl (C=O) groups is 2. The van der Waals surface area contributed by atoms with Crippen LogP contribution in [-0.2, 0) is 16.1 Å². The van der Waals surface area contributed by atoms with E-state index < -0.39 is 11.9 Å². The van der Waals surface area contributed by atoms with Gasteiger partial charge in [-0.3, -0.25) is 4.79 Å². The minimum absolute atomic E-state index is 0.157. The molecule has 0 atom stereocenters. The largest absolute Gasteiger partial charge is 0.486 e. The van der Waals surface area contributed by atoms with Gasteiger partial charge in [-0.1, -0.05) is 51.3 Å². The molecule has 35 heavy (non-hydrogen) atoms. The summed E-state index contributed by atoms with van der Waals surface area (Å²) >= 11 is 16.1. The van der Waals surface area contributed by atoms with Crippen LogP contribution in [0.5, 0.6) is 5.75 Å². The number of hydrogen-bond acceptors (Lipinski definition) is 5. The Hall–Kier alpha value is -3.31. The molecular weight excluding hydrogens is 555 g/mol. The lowest BCUT2D eigenvalue weighted by Crippen LogP contribution is -2.13. The first-order chi connectivity index (χ1) is 16.8. The summed E-state index contributed by atoms with van der Waals surface area (Å²) in [5.41, 5.74) is 2.00. The summed E-state index contributed by atoms with van der Waals surface area (Å²) in [7, 11) is 0. The second-order valence-electron chi connectivity index (χ2n) is 7.15. The van der Waals surface area contributed by atoms with Crippen molar-refractivity contribution in [3.8, 4) is 11.8 Å². The van der Waals surface area contributed by atoms with Gasteiger partial charge in [0.2, 0.25) is 0 Å². The number of rotatable bonds is 8. The first-order valence-corrected chi connectivity index (χ1v) is 11.9. The molecule has 3 aromatic carbocycles. The summed E-state index contributed by atoms with van der Waals surface area (Å²) in [6, 6.07) is 18.8. The third kappa shape index (κ3) is 7.33. The van der Waals surface area contributed by atoms with E-state index in [-0.39, 0.29) is 28.8 Å². The highest BCUT2D eigenvalue weighted by atomic mass is 79.9. The van der Waals surface area contributed by atoms with Crippen LogP contribution in [0.4, 0.5) is 5.69 Å². The Morgan fingerprint density at radius 2 is 1.69 bits per heavy atom. The van der Waals surface area contributed by atoms with Crippen molar-refractivity contribution in [1.29, 1.82) is 5.26 Å². The molecule has 1 N–H and O–H groups in total. The van der Waals surface area contributed by atoms with Crippen LogP contribution >= 0.6 is 39.1 Å². The summed E-state index contributed by atoms with van der Waals surface area (Å²) in [5.74, 6) is -0.779. The van der Waals surface area contributed by atoms with Crippen LogP contribution in [0.1, 0.15) is 28.4 Å². The van der Waals surface area contributed by atoms with Crippen molar-refractivity contribution < 1.29 is 19.1 Å². The number of amides is 1. The van der Waals surface area contributed by atoms with E-state index in [0.717, 1.165) is 10.0 Å². The zero-order chi connectivity index (χ0) is 25.4. The van der Waals surface area contributed by atoms with Gasteiger partial charge in [-0.15, -0.1) is 0 Å². The molecule has 0 bridgehead atoms. The van der Waals surface area contributed by atoms with Crippen molar-refractivity contribution >= 4 is 62.8 Å². The lowest BCUT2D eigenvalue weighted by Gasteiger charge is -2.11. The molecule has 0 unspecified atom stereocenters. The standard InChI is InChI=1S/C26H19BrCl2N2O4/c1-2-34-26(33)18-5-9-21(10-6-18)31-25(32)19(14-30)11-17-12-22(28)24(23(29)13-17)35-15-16-3-7-20(27)8-4-16/h3-13H,2,15H2,1H3,(H,31,32)/b19-11+. The predicted molar refractivity (Wildman–Crippen MR) is 140 cm³/mol. The van der Waals surface area contributed by atoms with Gasteiger partial charge in [0.25, 0.3) is 5.91 Å². The smallest absolute Gasteiger partial charge is 0.338 e. The number of ether oxygens (including phenoxy) is 2. The van der Waals surface area contributed by atoms with Gasteiger partial charge in [0.1, 0.15) is 18.2 Å². The van der Waals surface area contributed by atoms with Crippen LogP contribution in [-0.4, -0.2) is 18.5 Å². The van der Waals surface area contributed by atoms with Gasteiger partial charge in [-0.2, -0.15) is 5.26 Å². The number of nitriles is 1. The molecule has 0 aliphatic rings. The Kier molecular flexibility index (Phi) is 9.32. The van der Waals surface area contributed by atoms with Crippen molar-refractivity contribution in [2.75, 3.05) is 11.9 Å². The second-order valence-corrected chi connectivity index (χ2v) is 8.88. The average Bonchev–Trinajstić information content (AvgIpc) is 2.83.